The summed E-state index contributed by atoms with van der Waals surface area (Å²) in [5.41, 5.74) is 0. The molecular weight excluding hydrogens is 165 g/mol. The Balaban J connectivity index is 2.39. The second-order valence-electron chi connectivity index (χ2n) is 3.04. The van der Waals surface area contributed by atoms with Crippen LogP contribution in [0.25, 0.3) is 0 Å². The molecule has 4 nitrogen and oxygen atoms in total. The zero-order valence-electron chi connectivity index (χ0n) is 6.53. The van der Waals surface area contributed by atoms with Crippen molar-refractivity contribution in [3.05, 3.63) is 0 Å². The number of halogens is 1. The van der Waals surface area contributed by atoms with Crippen LogP contribution in [0.4, 0.5) is 9.18 Å². The van der Waals surface area contributed by atoms with Crippen LogP contribution in [0.3, 0.4) is 0 Å². The van der Waals surface area contributed by atoms with Gasteiger partial charge in [-0.15, -0.1) is 0 Å². The Morgan fingerprint density at radius 1 is 1.50 bits per heavy atom. The summed E-state index contributed by atoms with van der Waals surface area (Å²) in [6.07, 6.45) is -2.22. The van der Waals surface area contributed by atoms with Crippen molar-refractivity contribution >= 4 is 6.09 Å². The molecule has 5 heteroatoms. The molecule has 1 aliphatic rings. The number of alkyl halides is 1. The fraction of sp³-hybridized carbons (Fsp3) is 0.857. The van der Waals surface area contributed by atoms with Gasteiger partial charge < -0.3 is 15.5 Å². The first kappa shape index (κ1) is 9.25. The molecule has 0 aliphatic heterocycles. The highest BCUT2D eigenvalue weighted by atomic mass is 19.1. The van der Waals surface area contributed by atoms with Crippen molar-refractivity contribution in [1.82, 2.24) is 5.32 Å². The Hall–Kier alpha value is -0.840. The molecule has 1 rings (SSSR count). The minimum Gasteiger partial charge on any atom is -0.465 e. The molecule has 0 saturated heterocycles. The third-order valence-corrected chi connectivity index (χ3v) is 2.05. The zero-order chi connectivity index (χ0) is 9.14. The van der Waals surface area contributed by atoms with E-state index in [1.807, 2.05) is 0 Å². The standard InChI is InChI=1S/C7H12FNO3/c8-5-3-4(10)1-2-6(5)9-7(11)12/h4-6,9-10H,1-3H2,(H,11,12). The first-order chi connectivity index (χ1) is 5.59. The number of nitrogens with one attached hydrogen (secondary N) is 1. The van der Waals surface area contributed by atoms with Gasteiger partial charge in [0.15, 0.2) is 0 Å². The van der Waals surface area contributed by atoms with Gasteiger partial charge in [-0.3, -0.25) is 0 Å². The maximum Gasteiger partial charge on any atom is 0.404 e. The van der Waals surface area contributed by atoms with Crippen LogP contribution >= 0.6 is 0 Å². The van der Waals surface area contributed by atoms with Gasteiger partial charge in [0.05, 0.1) is 12.1 Å². The van der Waals surface area contributed by atoms with E-state index in [-0.39, 0.29) is 6.42 Å². The van der Waals surface area contributed by atoms with Crippen LogP contribution in [0.2, 0.25) is 0 Å². The van der Waals surface area contributed by atoms with Crippen LogP contribution in [0, 0.1) is 0 Å². The van der Waals surface area contributed by atoms with Crippen molar-refractivity contribution in [1.29, 1.82) is 0 Å². The topological polar surface area (TPSA) is 69.6 Å². The SMILES string of the molecule is O=C(O)NC1CCC(O)CC1F. The highest BCUT2D eigenvalue weighted by Gasteiger charge is 2.30. The van der Waals surface area contributed by atoms with Crippen LogP contribution < -0.4 is 5.32 Å². The number of hydrogen-bond donors (Lipinski definition) is 3. The van der Waals surface area contributed by atoms with E-state index in [1.54, 1.807) is 0 Å². The maximum atomic E-state index is 13.0. The minimum atomic E-state index is -1.26. The number of aliphatic hydroxyl groups excluding tert-OH is 1. The molecule has 0 heterocycles. The summed E-state index contributed by atoms with van der Waals surface area (Å²) in [6.45, 7) is 0. The van der Waals surface area contributed by atoms with Gasteiger partial charge in [0, 0.05) is 6.42 Å². The lowest BCUT2D eigenvalue weighted by Crippen LogP contribution is -2.45. The van der Waals surface area contributed by atoms with Crippen molar-refractivity contribution in [3.63, 3.8) is 0 Å². The van der Waals surface area contributed by atoms with Gasteiger partial charge in [0.2, 0.25) is 0 Å². The molecule has 1 saturated carbocycles. The van der Waals surface area contributed by atoms with E-state index in [4.69, 9.17) is 10.2 Å². The smallest absolute Gasteiger partial charge is 0.404 e. The summed E-state index contributed by atoms with van der Waals surface area (Å²) < 4.78 is 13.0. The molecule has 1 amide bonds. The molecule has 3 N–H and O–H groups in total. The number of rotatable bonds is 1. The molecule has 12 heavy (non-hydrogen) atoms. The summed E-state index contributed by atoms with van der Waals surface area (Å²) in [6, 6.07) is -0.647. The fourth-order valence-electron chi connectivity index (χ4n) is 1.42. The summed E-state index contributed by atoms with van der Waals surface area (Å²) in [5.74, 6) is 0. The number of aliphatic hydroxyl groups is 1. The van der Waals surface area contributed by atoms with E-state index in [0.717, 1.165) is 0 Å². The van der Waals surface area contributed by atoms with Crippen molar-refractivity contribution in [2.24, 2.45) is 0 Å². The third-order valence-electron chi connectivity index (χ3n) is 2.05. The van der Waals surface area contributed by atoms with Crippen LogP contribution in [0.5, 0.6) is 0 Å². The number of hydrogen-bond acceptors (Lipinski definition) is 2. The van der Waals surface area contributed by atoms with E-state index in [0.29, 0.717) is 12.8 Å². The van der Waals surface area contributed by atoms with E-state index >= 15 is 0 Å². The summed E-state index contributed by atoms with van der Waals surface area (Å²) >= 11 is 0. The number of carboxylic acid groups (broad SMARTS) is 1. The number of carbonyl (C=O) groups is 1. The van der Waals surface area contributed by atoms with Crippen molar-refractivity contribution in [2.75, 3.05) is 0 Å². The molecule has 0 bridgehead atoms. The molecule has 0 aromatic carbocycles. The highest BCUT2D eigenvalue weighted by molar-refractivity contribution is 5.64. The first-order valence-electron chi connectivity index (χ1n) is 3.91. The lowest BCUT2D eigenvalue weighted by atomic mass is 9.91. The van der Waals surface area contributed by atoms with E-state index in [9.17, 15) is 9.18 Å². The molecule has 70 valence electrons. The van der Waals surface area contributed by atoms with Crippen LogP contribution in [0.1, 0.15) is 19.3 Å². The molecule has 0 aromatic rings. The van der Waals surface area contributed by atoms with Gasteiger partial charge in [-0.05, 0) is 12.8 Å². The fourth-order valence-corrected chi connectivity index (χ4v) is 1.42. The monoisotopic (exact) mass is 177 g/mol. The predicted octanol–water partition coefficient (Wildman–Crippen LogP) is 0.505. The van der Waals surface area contributed by atoms with Gasteiger partial charge in [0.1, 0.15) is 6.17 Å². The molecule has 0 aromatic heterocycles. The highest BCUT2D eigenvalue weighted by Crippen LogP contribution is 2.21. The second kappa shape index (κ2) is 3.71. The van der Waals surface area contributed by atoms with Gasteiger partial charge in [0.25, 0.3) is 0 Å². The molecule has 0 radical (unpaired) electrons. The van der Waals surface area contributed by atoms with Gasteiger partial charge >= 0.3 is 6.09 Å². The Morgan fingerprint density at radius 2 is 2.17 bits per heavy atom. The Kier molecular flexibility index (Phi) is 2.86. The van der Waals surface area contributed by atoms with Crippen LogP contribution in [-0.4, -0.2) is 34.6 Å². The predicted molar refractivity (Wildman–Crippen MR) is 39.7 cm³/mol. The van der Waals surface area contributed by atoms with E-state index < -0.39 is 24.4 Å². The molecule has 1 aliphatic carbocycles. The quantitative estimate of drug-likeness (QED) is 0.546. The van der Waals surface area contributed by atoms with Gasteiger partial charge in [-0.1, -0.05) is 0 Å². The Labute approximate surface area is 69.4 Å². The average molecular weight is 177 g/mol. The normalized spacial score (nSPS) is 36.0. The third kappa shape index (κ3) is 2.34. The number of amides is 1. The van der Waals surface area contributed by atoms with Crippen LogP contribution in [-0.2, 0) is 0 Å². The summed E-state index contributed by atoms with van der Waals surface area (Å²) in [4.78, 5) is 10.2. The second-order valence-corrected chi connectivity index (χ2v) is 3.04. The van der Waals surface area contributed by atoms with Crippen LogP contribution in [0.15, 0.2) is 0 Å². The molecule has 3 atom stereocenters. The Morgan fingerprint density at radius 3 is 2.67 bits per heavy atom. The van der Waals surface area contributed by atoms with Gasteiger partial charge in [-0.2, -0.15) is 0 Å². The van der Waals surface area contributed by atoms with Crippen molar-refractivity contribution in [2.45, 2.75) is 37.6 Å². The summed E-state index contributed by atoms with van der Waals surface area (Å²) in [5, 5.41) is 19.4. The average Bonchev–Trinajstić information content (AvgIpc) is 1.94. The molecule has 0 spiro atoms. The van der Waals surface area contributed by atoms with E-state index in [1.165, 1.54) is 0 Å². The lowest BCUT2D eigenvalue weighted by Gasteiger charge is -2.28. The summed E-state index contributed by atoms with van der Waals surface area (Å²) in [7, 11) is 0. The van der Waals surface area contributed by atoms with Crippen molar-refractivity contribution < 1.29 is 19.4 Å². The lowest BCUT2D eigenvalue weighted by molar-refractivity contribution is 0.0616. The zero-order valence-corrected chi connectivity index (χ0v) is 6.53. The minimum absolute atomic E-state index is 0.0327. The molecular formula is C7H12FNO3. The van der Waals surface area contributed by atoms with Gasteiger partial charge in [-0.25, -0.2) is 9.18 Å². The van der Waals surface area contributed by atoms with Crippen molar-refractivity contribution in [3.8, 4) is 0 Å². The largest absolute Gasteiger partial charge is 0.465 e. The first-order valence-corrected chi connectivity index (χ1v) is 3.91. The maximum absolute atomic E-state index is 13.0. The van der Waals surface area contributed by atoms with E-state index in [2.05, 4.69) is 5.32 Å². The molecule has 3 unspecified atom stereocenters. The Bertz CT molecular complexity index is 176. The molecule has 1 fully saturated rings.